The van der Waals surface area contributed by atoms with Crippen molar-refractivity contribution in [3.05, 3.63) is 24.3 Å². The molecule has 0 aromatic heterocycles. The maximum atomic E-state index is 11.8. The summed E-state index contributed by atoms with van der Waals surface area (Å²) in [5.41, 5.74) is 0.871. The van der Waals surface area contributed by atoms with Crippen molar-refractivity contribution in [3.63, 3.8) is 0 Å². The summed E-state index contributed by atoms with van der Waals surface area (Å²) in [6.45, 7) is 10.4. The lowest BCUT2D eigenvalue weighted by molar-refractivity contribution is -0.143. The molecule has 1 aliphatic rings. The third-order valence-corrected chi connectivity index (χ3v) is 4.10. The van der Waals surface area contributed by atoms with Crippen LogP contribution >= 0.6 is 15.9 Å². The van der Waals surface area contributed by atoms with Crippen LogP contribution in [0.3, 0.4) is 0 Å². The average Bonchev–Trinajstić information content (AvgIpc) is 2.21. The quantitative estimate of drug-likeness (QED) is 0.439. The van der Waals surface area contributed by atoms with Gasteiger partial charge in [-0.15, -0.1) is 0 Å². The van der Waals surface area contributed by atoms with Gasteiger partial charge < -0.3 is 4.74 Å². The van der Waals surface area contributed by atoms with Gasteiger partial charge in [0.05, 0.1) is 6.61 Å². The van der Waals surface area contributed by atoms with Gasteiger partial charge in [-0.2, -0.15) is 0 Å². The lowest BCUT2D eigenvalue weighted by Crippen LogP contribution is -2.39. The van der Waals surface area contributed by atoms with Gasteiger partial charge in [-0.05, 0) is 24.3 Å². The Morgan fingerprint density at radius 3 is 2.80 bits per heavy atom. The van der Waals surface area contributed by atoms with E-state index in [-0.39, 0.29) is 11.9 Å². The molecule has 0 saturated carbocycles. The van der Waals surface area contributed by atoms with E-state index in [9.17, 15) is 4.79 Å². The first-order chi connectivity index (χ1) is 6.93. The highest BCUT2D eigenvalue weighted by atomic mass is 79.9. The third kappa shape index (κ3) is 2.17. The largest absolute Gasteiger partial charge is 0.464 e. The molecule has 0 aliphatic heterocycles. The van der Waals surface area contributed by atoms with E-state index in [1.54, 1.807) is 6.92 Å². The molecule has 84 valence electrons. The van der Waals surface area contributed by atoms with Gasteiger partial charge in [-0.3, -0.25) is 0 Å². The van der Waals surface area contributed by atoms with Crippen LogP contribution in [0.1, 0.15) is 20.8 Å². The fourth-order valence-electron chi connectivity index (χ4n) is 1.64. The van der Waals surface area contributed by atoms with Gasteiger partial charge in [0.25, 0.3) is 0 Å². The summed E-state index contributed by atoms with van der Waals surface area (Å²) in [7, 11) is 0. The number of ether oxygens (including phenoxy) is 1. The smallest absolute Gasteiger partial charge is 0.331 e. The summed E-state index contributed by atoms with van der Waals surface area (Å²) >= 11 is 3.43. The Morgan fingerprint density at radius 1 is 1.67 bits per heavy atom. The highest BCUT2D eigenvalue weighted by Crippen LogP contribution is 2.41. The fourth-order valence-corrected chi connectivity index (χ4v) is 2.27. The zero-order chi connectivity index (χ0) is 11.6. The first kappa shape index (κ1) is 12.5. The molecule has 0 fully saturated rings. The van der Waals surface area contributed by atoms with Crippen molar-refractivity contribution in [2.45, 2.75) is 25.1 Å². The second kappa shape index (κ2) is 4.52. The first-order valence-electron chi connectivity index (χ1n) is 5.18. The highest BCUT2D eigenvalue weighted by molar-refractivity contribution is 9.10. The Morgan fingerprint density at radius 2 is 2.27 bits per heavy atom. The molecule has 3 heteroatoms. The Hall–Kier alpha value is -0.570. The number of carbonyl (C=O) groups is 1. The van der Waals surface area contributed by atoms with Gasteiger partial charge in [-0.1, -0.05) is 48.5 Å². The minimum Gasteiger partial charge on any atom is -0.464 e. The van der Waals surface area contributed by atoms with Crippen LogP contribution in [0.15, 0.2) is 24.3 Å². The first-order valence-corrected chi connectivity index (χ1v) is 5.97. The Labute approximate surface area is 99.5 Å². The SMILES string of the molecule is C=C1[C@@H](C)[C@@H](C)C=CC1(Br)C(=O)OCC. The zero-order valence-corrected chi connectivity index (χ0v) is 11.0. The lowest BCUT2D eigenvalue weighted by Gasteiger charge is -2.34. The van der Waals surface area contributed by atoms with Crippen LogP contribution in [0.4, 0.5) is 0 Å². The van der Waals surface area contributed by atoms with Crippen molar-refractivity contribution in [1.82, 2.24) is 0 Å². The van der Waals surface area contributed by atoms with Crippen LogP contribution < -0.4 is 0 Å². The Kier molecular flexibility index (Phi) is 3.77. The topological polar surface area (TPSA) is 26.3 Å². The van der Waals surface area contributed by atoms with Crippen LogP contribution in [-0.2, 0) is 9.53 Å². The van der Waals surface area contributed by atoms with Gasteiger partial charge in [-0.25, -0.2) is 4.79 Å². The van der Waals surface area contributed by atoms with E-state index in [1.807, 2.05) is 12.2 Å². The van der Waals surface area contributed by atoms with Gasteiger partial charge >= 0.3 is 5.97 Å². The molecule has 3 atom stereocenters. The second-order valence-electron chi connectivity index (χ2n) is 3.96. The van der Waals surface area contributed by atoms with E-state index < -0.39 is 4.32 Å². The van der Waals surface area contributed by atoms with Crippen molar-refractivity contribution in [3.8, 4) is 0 Å². The van der Waals surface area contributed by atoms with E-state index in [2.05, 4.69) is 36.4 Å². The molecule has 0 aromatic carbocycles. The van der Waals surface area contributed by atoms with Crippen LogP contribution in [0, 0.1) is 11.8 Å². The van der Waals surface area contributed by atoms with Gasteiger partial charge in [0.2, 0.25) is 0 Å². The second-order valence-corrected chi connectivity index (χ2v) is 5.22. The molecular formula is C12H17BrO2. The Balaban J connectivity index is 2.98. The zero-order valence-electron chi connectivity index (χ0n) is 9.42. The number of hydrogen-bond donors (Lipinski definition) is 0. The summed E-state index contributed by atoms with van der Waals surface area (Å²) < 4.78 is 4.22. The third-order valence-electron chi connectivity index (χ3n) is 3.01. The molecule has 0 aromatic rings. The fraction of sp³-hybridized carbons (Fsp3) is 0.583. The molecule has 2 nitrogen and oxygen atoms in total. The molecule has 0 radical (unpaired) electrons. The van der Waals surface area contributed by atoms with Crippen LogP contribution in [-0.4, -0.2) is 16.9 Å². The number of alkyl halides is 1. The van der Waals surface area contributed by atoms with E-state index in [0.29, 0.717) is 12.5 Å². The molecule has 0 heterocycles. The molecular weight excluding hydrogens is 256 g/mol. The molecule has 1 rings (SSSR count). The van der Waals surface area contributed by atoms with Gasteiger partial charge in [0.1, 0.15) is 0 Å². The van der Waals surface area contributed by atoms with Crippen LogP contribution in [0.2, 0.25) is 0 Å². The molecule has 1 aliphatic carbocycles. The monoisotopic (exact) mass is 272 g/mol. The molecule has 0 amide bonds. The summed E-state index contributed by atoms with van der Waals surface area (Å²) in [6, 6.07) is 0. The molecule has 1 unspecified atom stereocenters. The van der Waals surface area contributed by atoms with Crippen molar-refractivity contribution < 1.29 is 9.53 Å². The van der Waals surface area contributed by atoms with Crippen molar-refractivity contribution in [2.75, 3.05) is 6.61 Å². The number of allylic oxidation sites excluding steroid dienone is 1. The average molecular weight is 273 g/mol. The molecule has 15 heavy (non-hydrogen) atoms. The minimum absolute atomic E-state index is 0.273. The van der Waals surface area contributed by atoms with Crippen molar-refractivity contribution in [1.29, 1.82) is 0 Å². The maximum absolute atomic E-state index is 11.8. The molecule has 0 N–H and O–H groups in total. The predicted octanol–water partition coefficient (Wildman–Crippen LogP) is 3.08. The number of carbonyl (C=O) groups excluding carboxylic acids is 1. The van der Waals surface area contributed by atoms with E-state index in [0.717, 1.165) is 5.57 Å². The highest BCUT2D eigenvalue weighted by Gasteiger charge is 2.42. The Bertz CT molecular complexity index is 309. The molecule has 0 spiro atoms. The van der Waals surface area contributed by atoms with Crippen molar-refractivity contribution in [2.24, 2.45) is 11.8 Å². The summed E-state index contributed by atoms with van der Waals surface area (Å²) in [6.07, 6.45) is 3.88. The van der Waals surface area contributed by atoms with E-state index in [4.69, 9.17) is 4.74 Å². The number of esters is 1. The van der Waals surface area contributed by atoms with E-state index in [1.165, 1.54) is 0 Å². The minimum atomic E-state index is -0.824. The summed E-state index contributed by atoms with van der Waals surface area (Å²) in [5.74, 6) is 0.418. The number of hydrogen-bond acceptors (Lipinski definition) is 2. The normalized spacial score (nSPS) is 35.3. The number of halogens is 1. The summed E-state index contributed by atoms with van der Waals surface area (Å²) in [4.78, 5) is 11.8. The molecule has 0 bridgehead atoms. The van der Waals surface area contributed by atoms with Gasteiger partial charge in [0, 0.05) is 0 Å². The van der Waals surface area contributed by atoms with Crippen molar-refractivity contribution >= 4 is 21.9 Å². The predicted molar refractivity (Wildman–Crippen MR) is 64.9 cm³/mol. The van der Waals surface area contributed by atoms with Crippen LogP contribution in [0.25, 0.3) is 0 Å². The molecule has 0 saturated heterocycles. The summed E-state index contributed by atoms with van der Waals surface area (Å²) in [5, 5.41) is 0. The van der Waals surface area contributed by atoms with E-state index >= 15 is 0 Å². The standard InChI is InChI=1S/C12H17BrO2/c1-5-15-11(14)12(13)7-6-8(2)9(3)10(12)4/h6-9H,4-5H2,1-3H3/t8-,9-,12?/m0/s1. The maximum Gasteiger partial charge on any atom is 0.331 e. The number of rotatable bonds is 2. The van der Waals surface area contributed by atoms with Crippen LogP contribution in [0.5, 0.6) is 0 Å². The lowest BCUT2D eigenvalue weighted by atomic mass is 9.77. The van der Waals surface area contributed by atoms with Gasteiger partial charge in [0.15, 0.2) is 4.32 Å².